The molecule has 140 valence electrons. The Balaban J connectivity index is 1.55. The number of benzene rings is 3. The normalized spacial score (nSPS) is 11.9. The smallest absolute Gasteiger partial charge is 0.265 e. The monoisotopic (exact) mass is 388 g/mol. The molecule has 4 rings (SSSR count). The van der Waals surface area contributed by atoms with Crippen molar-refractivity contribution in [2.24, 2.45) is 0 Å². The Morgan fingerprint density at radius 3 is 2.54 bits per heavy atom. The van der Waals surface area contributed by atoms with Gasteiger partial charge in [0.05, 0.1) is 10.2 Å². The number of nitrogens with zero attached hydrogens (tertiary/aromatic N) is 1. The SMILES string of the molecule is Cc1c(NC(=O)[C@@H](C)Oc2ccccc2)cccc1-c1nc2ccccc2s1. The number of thiazole rings is 1. The summed E-state index contributed by atoms with van der Waals surface area (Å²) < 4.78 is 6.87. The van der Waals surface area contributed by atoms with Crippen LogP contribution < -0.4 is 10.1 Å². The fourth-order valence-electron chi connectivity index (χ4n) is 2.98. The number of carbonyl (C=O) groups excluding carboxylic acids is 1. The molecule has 3 aromatic carbocycles. The summed E-state index contributed by atoms with van der Waals surface area (Å²) >= 11 is 1.65. The molecule has 1 heterocycles. The number of amides is 1. The average molecular weight is 388 g/mol. The first-order chi connectivity index (χ1) is 13.6. The Labute approximate surface area is 167 Å². The standard InChI is InChI=1S/C23H20N2O2S/c1-15-18(23-25-20-12-6-7-14-21(20)28-23)11-8-13-19(15)24-22(26)16(2)27-17-9-4-3-5-10-17/h3-14,16H,1-2H3,(H,24,26)/t16-/m1/s1. The van der Waals surface area contributed by atoms with Crippen LogP contribution in [0.1, 0.15) is 12.5 Å². The predicted molar refractivity (Wildman–Crippen MR) is 115 cm³/mol. The van der Waals surface area contributed by atoms with E-state index in [2.05, 4.69) is 11.4 Å². The minimum absolute atomic E-state index is 0.187. The van der Waals surface area contributed by atoms with Crippen LogP contribution in [-0.2, 0) is 4.79 Å². The Morgan fingerprint density at radius 1 is 1.00 bits per heavy atom. The lowest BCUT2D eigenvalue weighted by molar-refractivity contribution is -0.122. The summed E-state index contributed by atoms with van der Waals surface area (Å²) in [7, 11) is 0. The highest BCUT2D eigenvalue weighted by Crippen LogP contribution is 2.34. The molecule has 1 atom stereocenters. The number of aromatic nitrogens is 1. The number of anilines is 1. The first-order valence-electron chi connectivity index (χ1n) is 9.10. The van der Waals surface area contributed by atoms with Crippen LogP contribution in [0.25, 0.3) is 20.8 Å². The van der Waals surface area contributed by atoms with Crippen molar-refractivity contribution in [2.45, 2.75) is 20.0 Å². The van der Waals surface area contributed by atoms with E-state index in [1.807, 2.05) is 73.7 Å². The molecule has 4 nitrogen and oxygen atoms in total. The molecule has 1 aromatic heterocycles. The van der Waals surface area contributed by atoms with Gasteiger partial charge >= 0.3 is 0 Å². The molecule has 0 radical (unpaired) electrons. The number of fused-ring (bicyclic) bond motifs is 1. The van der Waals surface area contributed by atoms with Gasteiger partial charge in [-0.25, -0.2) is 4.98 Å². The molecule has 1 amide bonds. The molecule has 0 bridgehead atoms. The molecule has 0 unspecified atom stereocenters. The van der Waals surface area contributed by atoms with Crippen molar-refractivity contribution in [2.75, 3.05) is 5.32 Å². The van der Waals surface area contributed by atoms with Crippen molar-refractivity contribution >= 4 is 33.1 Å². The third-order valence-electron chi connectivity index (χ3n) is 4.54. The van der Waals surface area contributed by atoms with Crippen LogP contribution in [0.15, 0.2) is 72.8 Å². The molecule has 0 aliphatic carbocycles. The van der Waals surface area contributed by atoms with E-state index in [1.54, 1.807) is 18.3 Å². The van der Waals surface area contributed by atoms with Crippen molar-refractivity contribution < 1.29 is 9.53 Å². The Bertz CT molecular complexity index is 1090. The highest BCUT2D eigenvalue weighted by atomic mass is 32.1. The lowest BCUT2D eigenvalue weighted by Gasteiger charge is -2.16. The number of nitrogens with one attached hydrogen (secondary N) is 1. The van der Waals surface area contributed by atoms with E-state index in [1.165, 1.54) is 0 Å². The van der Waals surface area contributed by atoms with Crippen LogP contribution in [0.4, 0.5) is 5.69 Å². The zero-order chi connectivity index (χ0) is 19.5. The first kappa shape index (κ1) is 18.2. The van der Waals surface area contributed by atoms with E-state index in [-0.39, 0.29) is 5.91 Å². The Morgan fingerprint density at radius 2 is 1.75 bits per heavy atom. The largest absolute Gasteiger partial charge is 0.481 e. The van der Waals surface area contributed by atoms with E-state index >= 15 is 0 Å². The van der Waals surface area contributed by atoms with Gasteiger partial charge in [-0.15, -0.1) is 11.3 Å². The summed E-state index contributed by atoms with van der Waals surface area (Å²) in [6, 6.07) is 23.3. The van der Waals surface area contributed by atoms with E-state index in [0.717, 1.165) is 32.0 Å². The molecular weight excluding hydrogens is 368 g/mol. The highest BCUT2D eigenvalue weighted by Gasteiger charge is 2.17. The second kappa shape index (κ2) is 7.82. The summed E-state index contributed by atoms with van der Waals surface area (Å²) in [6.45, 7) is 3.74. The predicted octanol–water partition coefficient (Wildman–Crippen LogP) is 5.68. The molecule has 0 spiro atoms. The fraction of sp³-hybridized carbons (Fsp3) is 0.130. The van der Waals surface area contributed by atoms with Gasteiger partial charge in [0.2, 0.25) is 0 Å². The van der Waals surface area contributed by atoms with Crippen molar-refractivity contribution in [3.05, 3.63) is 78.4 Å². The minimum Gasteiger partial charge on any atom is -0.481 e. The molecule has 0 fully saturated rings. The van der Waals surface area contributed by atoms with Gasteiger partial charge in [-0.05, 0) is 49.7 Å². The van der Waals surface area contributed by atoms with Gasteiger partial charge in [0.1, 0.15) is 10.8 Å². The second-order valence-electron chi connectivity index (χ2n) is 6.53. The molecule has 0 aliphatic rings. The van der Waals surface area contributed by atoms with Crippen LogP contribution >= 0.6 is 11.3 Å². The van der Waals surface area contributed by atoms with Gasteiger partial charge in [-0.2, -0.15) is 0 Å². The van der Waals surface area contributed by atoms with Gasteiger partial charge in [0, 0.05) is 11.3 Å². The number of para-hydroxylation sites is 2. The molecule has 0 saturated heterocycles. The van der Waals surface area contributed by atoms with Crippen molar-refractivity contribution in [3.8, 4) is 16.3 Å². The van der Waals surface area contributed by atoms with Crippen LogP contribution in [0.2, 0.25) is 0 Å². The van der Waals surface area contributed by atoms with Crippen molar-refractivity contribution in [3.63, 3.8) is 0 Å². The topological polar surface area (TPSA) is 51.2 Å². The maximum absolute atomic E-state index is 12.6. The Hall–Kier alpha value is -3.18. The molecule has 5 heteroatoms. The number of hydrogen-bond donors (Lipinski definition) is 1. The minimum atomic E-state index is -0.604. The number of hydrogen-bond acceptors (Lipinski definition) is 4. The van der Waals surface area contributed by atoms with Crippen LogP contribution in [-0.4, -0.2) is 17.0 Å². The summed E-state index contributed by atoms with van der Waals surface area (Å²) in [4.78, 5) is 17.3. The summed E-state index contributed by atoms with van der Waals surface area (Å²) in [5.74, 6) is 0.485. The summed E-state index contributed by atoms with van der Waals surface area (Å²) in [5.41, 5.74) is 3.77. The van der Waals surface area contributed by atoms with Gasteiger partial charge in [-0.1, -0.05) is 42.5 Å². The number of ether oxygens (including phenoxy) is 1. The van der Waals surface area contributed by atoms with Crippen molar-refractivity contribution in [1.82, 2.24) is 4.98 Å². The van der Waals surface area contributed by atoms with E-state index in [4.69, 9.17) is 9.72 Å². The zero-order valence-electron chi connectivity index (χ0n) is 15.7. The fourth-order valence-corrected chi connectivity index (χ4v) is 4.03. The summed E-state index contributed by atoms with van der Waals surface area (Å²) in [5, 5.41) is 3.93. The average Bonchev–Trinajstić information content (AvgIpc) is 3.14. The molecule has 0 aliphatic heterocycles. The number of carbonyl (C=O) groups is 1. The third kappa shape index (κ3) is 3.75. The maximum atomic E-state index is 12.6. The summed E-state index contributed by atoms with van der Waals surface area (Å²) in [6.07, 6.45) is -0.604. The lowest BCUT2D eigenvalue weighted by atomic mass is 10.1. The molecule has 1 N–H and O–H groups in total. The van der Waals surface area contributed by atoms with Gasteiger partial charge in [-0.3, -0.25) is 4.79 Å². The lowest BCUT2D eigenvalue weighted by Crippen LogP contribution is -2.30. The maximum Gasteiger partial charge on any atom is 0.265 e. The van der Waals surface area contributed by atoms with Gasteiger partial charge in [0.25, 0.3) is 5.91 Å². The second-order valence-corrected chi connectivity index (χ2v) is 7.56. The van der Waals surface area contributed by atoms with Crippen molar-refractivity contribution in [1.29, 1.82) is 0 Å². The van der Waals surface area contributed by atoms with Crippen LogP contribution in [0.3, 0.4) is 0 Å². The highest BCUT2D eigenvalue weighted by molar-refractivity contribution is 7.21. The van der Waals surface area contributed by atoms with Gasteiger partial charge < -0.3 is 10.1 Å². The Kier molecular flexibility index (Phi) is 5.08. The van der Waals surface area contributed by atoms with E-state index in [9.17, 15) is 4.79 Å². The molecule has 28 heavy (non-hydrogen) atoms. The van der Waals surface area contributed by atoms with Gasteiger partial charge in [0.15, 0.2) is 6.10 Å². The number of rotatable bonds is 5. The quantitative estimate of drug-likeness (QED) is 0.479. The van der Waals surface area contributed by atoms with E-state index in [0.29, 0.717) is 5.75 Å². The van der Waals surface area contributed by atoms with Crippen LogP contribution in [0, 0.1) is 6.92 Å². The zero-order valence-corrected chi connectivity index (χ0v) is 16.5. The molecule has 4 aromatic rings. The molecule has 0 saturated carbocycles. The van der Waals surface area contributed by atoms with Crippen LogP contribution in [0.5, 0.6) is 5.75 Å². The third-order valence-corrected chi connectivity index (χ3v) is 5.61. The molecular formula is C23H20N2O2S. The first-order valence-corrected chi connectivity index (χ1v) is 9.91. The van der Waals surface area contributed by atoms with E-state index < -0.39 is 6.10 Å².